The molecule has 0 heterocycles. The highest BCUT2D eigenvalue weighted by molar-refractivity contribution is 5.99. The third kappa shape index (κ3) is 2.98. The van der Waals surface area contributed by atoms with E-state index in [4.69, 9.17) is 9.47 Å². The minimum Gasteiger partial charge on any atom is -0.494 e. The summed E-state index contributed by atoms with van der Waals surface area (Å²) in [5.74, 6) is -0.894. The predicted octanol–water partition coefficient (Wildman–Crippen LogP) is 2.47. The molecule has 2 atom stereocenters. The number of carbonyl (C=O) groups excluding carboxylic acids is 1. The second-order valence-corrected chi connectivity index (χ2v) is 6.50. The van der Waals surface area contributed by atoms with Gasteiger partial charge in [0.2, 0.25) is 0 Å². The highest BCUT2D eigenvalue weighted by Crippen LogP contribution is 2.51. The molecule has 1 aliphatic rings. The highest BCUT2D eigenvalue weighted by Gasteiger charge is 2.66. The fraction of sp³-hybridized carbons (Fsp3) is 0.556. The van der Waals surface area contributed by atoms with Gasteiger partial charge in [-0.05, 0) is 32.0 Å². The SMILES string of the molecule is CCOc1cccc(C(=O)NC2(C(=O)O)CC(OCC)C2(C)C)c1. The van der Waals surface area contributed by atoms with Crippen LogP contribution >= 0.6 is 0 Å². The van der Waals surface area contributed by atoms with Crippen LogP contribution in [0.25, 0.3) is 0 Å². The number of nitrogens with one attached hydrogen (secondary N) is 1. The Balaban J connectivity index is 2.22. The molecule has 2 N–H and O–H groups in total. The van der Waals surface area contributed by atoms with Gasteiger partial charge in [-0.25, -0.2) is 4.79 Å². The minimum atomic E-state index is -1.34. The summed E-state index contributed by atoms with van der Waals surface area (Å²) in [6, 6.07) is 6.72. The quantitative estimate of drug-likeness (QED) is 0.799. The molecule has 0 spiro atoms. The van der Waals surface area contributed by atoms with Crippen molar-refractivity contribution in [1.82, 2.24) is 5.32 Å². The fourth-order valence-corrected chi connectivity index (χ4v) is 3.20. The normalized spacial score (nSPS) is 24.8. The van der Waals surface area contributed by atoms with Gasteiger partial charge in [0.1, 0.15) is 11.3 Å². The van der Waals surface area contributed by atoms with Gasteiger partial charge in [-0.2, -0.15) is 0 Å². The fourth-order valence-electron chi connectivity index (χ4n) is 3.20. The lowest BCUT2D eigenvalue weighted by molar-refractivity contribution is -0.190. The van der Waals surface area contributed by atoms with E-state index in [9.17, 15) is 14.7 Å². The lowest BCUT2D eigenvalue weighted by atomic mass is 9.54. The van der Waals surface area contributed by atoms with Crippen LogP contribution in [0.5, 0.6) is 5.75 Å². The van der Waals surface area contributed by atoms with Crippen LogP contribution in [0.2, 0.25) is 0 Å². The van der Waals surface area contributed by atoms with Crippen molar-refractivity contribution in [2.75, 3.05) is 13.2 Å². The summed E-state index contributed by atoms with van der Waals surface area (Å²) >= 11 is 0. The molecule has 1 aromatic rings. The van der Waals surface area contributed by atoms with Crippen LogP contribution in [-0.2, 0) is 9.53 Å². The summed E-state index contributed by atoms with van der Waals surface area (Å²) in [6.07, 6.45) is 0.0497. The summed E-state index contributed by atoms with van der Waals surface area (Å²) in [5.41, 5.74) is -1.68. The van der Waals surface area contributed by atoms with E-state index in [0.717, 1.165) is 0 Å². The number of ether oxygens (including phenoxy) is 2. The average molecular weight is 335 g/mol. The van der Waals surface area contributed by atoms with E-state index in [1.165, 1.54) is 0 Å². The van der Waals surface area contributed by atoms with Gasteiger partial charge in [0.15, 0.2) is 0 Å². The van der Waals surface area contributed by atoms with Gasteiger partial charge < -0.3 is 19.9 Å². The molecule has 0 aliphatic heterocycles. The number of hydrogen-bond acceptors (Lipinski definition) is 4. The van der Waals surface area contributed by atoms with Crippen LogP contribution in [0.15, 0.2) is 24.3 Å². The number of aliphatic carboxylic acids is 1. The Hall–Kier alpha value is -2.08. The van der Waals surface area contributed by atoms with Crippen LogP contribution in [0.4, 0.5) is 0 Å². The van der Waals surface area contributed by atoms with Crippen molar-refractivity contribution >= 4 is 11.9 Å². The number of benzene rings is 1. The number of rotatable bonds is 7. The van der Waals surface area contributed by atoms with E-state index in [-0.39, 0.29) is 12.5 Å². The third-order valence-electron chi connectivity index (χ3n) is 4.86. The second-order valence-electron chi connectivity index (χ2n) is 6.50. The molecule has 0 aromatic heterocycles. The van der Waals surface area contributed by atoms with Crippen LogP contribution in [-0.4, -0.2) is 41.8 Å². The Morgan fingerprint density at radius 2 is 2.00 bits per heavy atom. The maximum Gasteiger partial charge on any atom is 0.330 e. The van der Waals surface area contributed by atoms with Crippen molar-refractivity contribution in [2.45, 2.75) is 45.8 Å². The van der Waals surface area contributed by atoms with E-state index in [1.54, 1.807) is 24.3 Å². The Morgan fingerprint density at radius 3 is 2.54 bits per heavy atom. The zero-order chi connectivity index (χ0) is 18.0. The molecule has 2 rings (SSSR count). The van der Waals surface area contributed by atoms with Gasteiger partial charge >= 0.3 is 5.97 Å². The van der Waals surface area contributed by atoms with Crippen LogP contribution in [0.1, 0.15) is 44.5 Å². The number of amides is 1. The van der Waals surface area contributed by atoms with Crippen LogP contribution in [0, 0.1) is 5.41 Å². The summed E-state index contributed by atoms with van der Waals surface area (Å²) in [5, 5.41) is 12.5. The smallest absolute Gasteiger partial charge is 0.330 e. The Kier molecular flexibility index (Phi) is 5.18. The first-order chi connectivity index (χ1) is 11.3. The van der Waals surface area contributed by atoms with E-state index in [2.05, 4.69) is 5.32 Å². The number of carbonyl (C=O) groups is 2. The molecule has 1 aromatic carbocycles. The molecule has 0 bridgehead atoms. The van der Waals surface area contributed by atoms with E-state index < -0.39 is 22.8 Å². The molecular weight excluding hydrogens is 310 g/mol. The molecule has 6 heteroatoms. The molecule has 24 heavy (non-hydrogen) atoms. The van der Waals surface area contributed by atoms with E-state index in [0.29, 0.717) is 24.5 Å². The Labute approximate surface area is 142 Å². The second kappa shape index (κ2) is 6.81. The van der Waals surface area contributed by atoms with Gasteiger partial charge in [0.25, 0.3) is 5.91 Å². The van der Waals surface area contributed by atoms with Crippen molar-refractivity contribution in [3.05, 3.63) is 29.8 Å². The van der Waals surface area contributed by atoms with Crippen molar-refractivity contribution in [3.63, 3.8) is 0 Å². The molecule has 6 nitrogen and oxygen atoms in total. The van der Waals surface area contributed by atoms with Crippen LogP contribution in [0.3, 0.4) is 0 Å². The number of carboxylic acids is 1. The zero-order valence-corrected chi connectivity index (χ0v) is 14.6. The van der Waals surface area contributed by atoms with Crippen LogP contribution < -0.4 is 10.1 Å². The predicted molar refractivity (Wildman–Crippen MR) is 89.3 cm³/mol. The number of hydrogen-bond donors (Lipinski definition) is 2. The molecule has 0 radical (unpaired) electrons. The average Bonchev–Trinajstić information content (AvgIpc) is 2.53. The summed E-state index contributed by atoms with van der Waals surface area (Å²) < 4.78 is 11.0. The van der Waals surface area contributed by atoms with Gasteiger partial charge in [-0.15, -0.1) is 0 Å². The monoisotopic (exact) mass is 335 g/mol. The Bertz CT molecular complexity index is 628. The van der Waals surface area contributed by atoms with Gasteiger partial charge in [0.05, 0.1) is 12.7 Å². The first-order valence-corrected chi connectivity index (χ1v) is 8.19. The largest absolute Gasteiger partial charge is 0.494 e. The van der Waals surface area contributed by atoms with Crippen molar-refractivity contribution < 1.29 is 24.2 Å². The van der Waals surface area contributed by atoms with Gasteiger partial charge in [0, 0.05) is 24.0 Å². The molecule has 1 amide bonds. The van der Waals surface area contributed by atoms with Crippen molar-refractivity contribution in [3.8, 4) is 5.75 Å². The maximum atomic E-state index is 12.6. The summed E-state index contributed by atoms with van der Waals surface area (Å²) in [4.78, 5) is 24.5. The van der Waals surface area contributed by atoms with Crippen molar-refractivity contribution in [1.29, 1.82) is 0 Å². The van der Waals surface area contributed by atoms with E-state index >= 15 is 0 Å². The maximum absolute atomic E-state index is 12.6. The molecule has 0 saturated heterocycles. The molecule has 2 unspecified atom stereocenters. The summed E-state index contributed by atoms with van der Waals surface area (Å²) in [7, 11) is 0. The first kappa shape index (κ1) is 18.3. The van der Waals surface area contributed by atoms with E-state index in [1.807, 2.05) is 27.7 Å². The first-order valence-electron chi connectivity index (χ1n) is 8.19. The minimum absolute atomic E-state index is 0.200. The summed E-state index contributed by atoms with van der Waals surface area (Å²) in [6.45, 7) is 8.34. The molecule has 132 valence electrons. The molecule has 1 saturated carbocycles. The van der Waals surface area contributed by atoms with Crippen molar-refractivity contribution in [2.24, 2.45) is 5.41 Å². The lowest BCUT2D eigenvalue weighted by Crippen LogP contribution is -2.76. The Morgan fingerprint density at radius 1 is 1.29 bits per heavy atom. The van der Waals surface area contributed by atoms with Gasteiger partial charge in [-0.1, -0.05) is 19.9 Å². The topological polar surface area (TPSA) is 84.9 Å². The molecule has 1 fully saturated rings. The standard InChI is InChI=1S/C18H25NO5/c1-5-23-13-9-7-8-12(10-13)15(20)19-18(16(21)22)11-14(24-6-2)17(18,3)4/h7-10,14H,5-6,11H2,1-4H3,(H,19,20)(H,21,22). The number of carboxylic acid groups (broad SMARTS) is 1. The van der Waals surface area contributed by atoms with Gasteiger partial charge in [-0.3, -0.25) is 4.79 Å². The lowest BCUT2D eigenvalue weighted by Gasteiger charge is -2.58. The molecule has 1 aliphatic carbocycles. The zero-order valence-electron chi connectivity index (χ0n) is 14.6. The third-order valence-corrected chi connectivity index (χ3v) is 4.86. The highest BCUT2D eigenvalue weighted by atomic mass is 16.5. The molecular formula is C18H25NO5.